The minimum atomic E-state index is 0.270. The molecule has 2 nitrogen and oxygen atoms in total. The molecule has 0 aromatic heterocycles. The zero-order valence-corrected chi connectivity index (χ0v) is 11.0. The lowest BCUT2D eigenvalue weighted by molar-refractivity contribution is 0.284. The van der Waals surface area contributed by atoms with Crippen LogP contribution in [0.2, 0.25) is 0 Å². The first kappa shape index (κ1) is 14.2. The Hall–Kier alpha value is -0.860. The van der Waals surface area contributed by atoms with E-state index in [4.69, 9.17) is 5.11 Å². The van der Waals surface area contributed by atoms with Gasteiger partial charge < -0.3 is 10.4 Å². The van der Waals surface area contributed by atoms with Crippen molar-refractivity contribution in [3.05, 3.63) is 35.9 Å². The fourth-order valence-electron chi connectivity index (χ4n) is 2.09. The summed E-state index contributed by atoms with van der Waals surface area (Å²) in [7, 11) is 0. The quantitative estimate of drug-likeness (QED) is 0.679. The maximum Gasteiger partial charge on any atom is 0.0443 e. The monoisotopic (exact) mass is 235 g/mol. The Morgan fingerprint density at radius 3 is 2.53 bits per heavy atom. The molecule has 0 amide bonds. The van der Waals surface area contributed by atoms with E-state index in [0.717, 1.165) is 19.5 Å². The van der Waals surface area contributed by atoms with E-state index in [2.05, 4.69) is 49.5 Å². The van der Waals surface area contributed by atoms with Crippen LogP contribution in [0.4, 0.5) is 0 Å². The van der Waals surface area contributed by atoms with Gasteiger partial charge in [0, 0.05) is 13.2 Å². The molecule has 1 aromatic rings. The zero-order valence-electron chi connectivity index (χ0n) is 11.0. The molecule has 1 aromatic carbocycles. The van der Waals surface area contributed by atoms with Crippen LogP contribution < -0.4 is 5.32 Å². The minimum Gasteiger partial charge on any atom is -0.396 e. The predicted molar refractivity (Wildman–Crippen MR) is 73.2 cm³/mol. The average Bonchev–Trinajstić information content (AvgIpc) is 2.39. The van der Waals surface area contributed by atoms with E-state index >= 15 is 0 Å². The van der Waals surface area contributed by atoms with E-state index in [1.165, 1.54) is 12.0 Å². The molecule has 2 heteroatoms. The highest BCUT2D eigenvalue weighted by molar-refractivity contribution is 5.20. The lowest BCUT2D eigenvalue weighted by Gasteiger charge is -2.24. The number of hydrogen-bond acceptors (Lipinski definition) is 2. The van der Waals surface area contributed by atoms with Crippen LogP contribution in [0.15, 0.2) is 30.3 Å². The Bertz CT molecular complexity index is 286. The van der Waals surface area contributed by atoms with Gasteiger partial charge in [0.15, 0.2) is 0 Å². The molecule has 0 radical (unpaired) electrons. The van der Waals surface area contributed by atoms with Crippen molar-refractivity contribution in [3.8, 4) is 0 Å². The largest absolute Gasteiger partial charge is 0.396 e. The highest BCUT2D eigenvalue weighted by atomic mass is 16.3. The fraction of sp³-hybridized carbons (Fsp3) is 0.600. The molecule has 2 unspecified atom stereocenters. The summed E-state index contributed by atoms with van der Waals surface area (Å²) in [6.07, 6.45) is 2.03. The van der Waals surface area contributed by atoms with Crippen LogP contribution in [0.25, 0.3) is 0 Å². The molecule has 0 saturated carbocycles. The topological polar surface area (TPSA) is 32.3 Å². The predicted octanol–water partition coefficient (Wildman–Crippen LogP) is 2.79. The van der Waals surface area contributed by atoms with Gasteiger partial charge in [0.05, 0.1) is 0 Å². The molecule has 17 heavy (non-hydrogen) atoms. The number of hydrogen-bond donors (Lipinski definition) is 2. The van der Waals surface area contributed by atoms with Crippen molar-refractivity contribution in [1.82, 2.24) is 5.32 Å². The van der Waals surface area contributed by atoms with Crippen LogP contribution in [-0.2, 0) is 0 Å². The van der Waals surface area contributed by atoms with Crippen molar-refractivity contribution in [2.45, 2.75) is 32.6 Å². The summed E-state index contributed by atoms with van der Waals surface area (Å²) in [4.78, 5) is 0. The van der Waals surface area contributed by atoms with E-state index in [-0.39, 0.29) is 6.61 Å². The summed E-state index contributed by atoms with van der Waals surface area (Å²) in [5.41, 5.74) is 1.42. The van der Waals surface area contributed by atoms with Crippen molar-refractivity contribution in [2.24, 2.45) is 5.92 Å². The number of nitrogens with one attached hydrogen (secondary N) is 1. The van der Waals surface area contributed by atoms with Crippen LogP contribution in [0.5, 0.6) is 0 Å². The van der Waals surface area contributed by atoms with Gasteiger partial charge in [-0.25, -0.2) is 0 Å². The second kappa shape index (κ2) is 8.26. The standard InChI is InChI=1S/C15H25NO/c1-3-13(2)15(12-16-10-7-11-17)14-8-5-4-6-9-14/h4-6,8-9,13,15-17H,3,7,10-12H2,1-2H3. The SMILES string of the molecule is CCC(C)C(CNCCCO)c1ccccc1. The molecule has 0 fully saturated rings. The van der Waals surface area contributed by atoms with Gasteiger partial charge >= 0.3 is 0 Å². The molecule has 96 valence electrons. The summed E-state index contributed by atoms with van der Waals surface area (Å²) < 4.78 is 0. The van der Waals surface area contributed by atoms with Gasteiger partial charge in [-0.2, -0.15) is 0 Å². The average molecular weight is 235 g/mol. The van der Waals surface area contributed by atoms with Crippen LogP contribution in [-0.4, -0.2) is 24.8 Å². The summed E-state index contributed by atoms with van der Waals surface area (Å²) in [6, 6.07) is 10.7. The Morgan fingerprint density at radius 2 is 1.94 bits per heavy atom. The van der Waals surface area contributed by atoms with E-state index < -0.39 is 0 Å². The van der Waals surface area contributed by atoms with Crippen LogP contribution in [0.3, 0.4) is 0 Å². The van der Waals surface area contributed by atoms with Crippen LogP contribution in [0, 0.1) is 5.92 Å². The van der Waals surface area contributed by atoms with Gasteiger partial charge in [0.25, 0.3) is 0 Å². The highest BCUT2D eigenvalue weighted by Crippen LogP contribution is 2.25. The van der Waals surface area contributed by atoms with Gasteiger partial charge in [0.2, 0.25) is 0 Å². The molecule has 0 spiro atoms. The molecular formula is C15H25NO. The maximum atomic E-state index is 8.76. The third-order valence-corrected chi connectivity index (χ3v) is 3.43. The third kappa shape index (κ3) is 4.88. The normalized spacial score (nSPS) is 14.5. The zero-order chi connectivity index (χ0) is 12.5. The molecule has 2 N–H and O–H groups in total. The highest BCUT2D eigenvalue weighted by Gasteiger charge is 2.16. The first-order chi connectivity index (χ1) is 8.29. The lowest BCUT2D eigenvalue weighted by atomic mass is 9.85. The van der Waals surface area contributed by atoms with E-state index in [9.17, 15) is 0 Å². The van der Waals surface area contributed by atoms with Crippen LogP contribution >= 0.6 is 0 Å². The van der Waals surface area contributed by atoms with Crippen molar-refractivity contribution in [2.75, 3.05) is 19.7 Å². The summed E-state index contributed by atoms with van der Waals surface area (Å²) in [5.74, 6) is 1.25. The van der Waals surface area contributed by atoms with E-state index in [0.29, 0.717) is 11.8 Å². The number of aliphatic hydroxyl groups excluding tert-OH is 1. The molecule has 0 saturated heterocycles. The van der Waals surface area contributed by atoms with Gasteiger partial charge in [0.1, 0.15) is 0 Å². The number of aliphatic hydroxyl groups is 1. The molecule has 0 heterocycles. The smallest absolute Gasteiger partial charge is 0.0443 e. The summed E-state index contributed by atoms with van der Waals surface area (Å²) in [5, 5.41) is 12.2. The molecule has 0 aliphatic carbocycles. The van der Waals surface area contributed by atoms with Gasteiger partial charge in [-0.05, 0) is 30.4 Å². The third-order valence-electron chi connectivity index (χ3n) is 3.43. The maximum absolute atomic E-state index is 8.76. The summed E-state index contributed by atoms with van der Waals surface area (Å²) >= 11 is 0. The minimum absolute atomic E-state index is 0.270. The molecule has 1 rings (SSSR count). The molecular weight excluding hydrogens is 210 g/mol. The molecule has 0 aliphatic heterocycles. The summed E-state index contributed by atoms with van der Waals surface area (Å²) in [6.45, 7) is 6.72. The Morgan fingerprint density at radius 1 is 1.24 bits per heavy atom. The first-order valence-corrected chi connectivity index (χ1v) is 6.66. The van der Waals surface area contributed by atoms with Crippen LogP contribution in [0.1, 0.15) is 38.2 Å². The fourth-order valence-corrected chi connectivity index (χ4v) is 2.09. The van der Waals surface area contributed by atoms with Crippen molar-refractivity contribution >= 4 is 0 Å². The Balaban J connectivity index is 2.55. The molecule has 2 atom stereocenters. The lowest BCUT2D eigenvalue weighted by Crippen LogP contribution is -2.26. The Labute approximate surface area is 105 Å². The van der Waals surface area contributed by atoms with E-state index in [1.807, 2.05) is 0 Å². The van der Waals surface area contributed by atoms with E-state index in [1.54, 1.807) is 0 Å². The molecule has 0 bridgehead atoms. The number of rotatable bonds is 8. The Kier molecular flexibility index (Phi) is 6.90. The second-order valence-electron chi connectivity index (χ2n) is 4.68. The molecule has 0 aliphatic rings. The van der Waals surface area contributed by atoms with Gasteiger partial charge in [-0.1, -0.05) is 50.6 Å². The second-order valence-corrected chi connectivity index (χ2v) is 4.68. The van der Waals surface area contributed by atoms with Gasteiger partial charge in [-0.3, -0.25) is 0 Å². The van der Waals surface area contributed by atoms with Gasteiger partial charge in [-0.15, -0.1) is 0 Å². The van der Waals surface area contributed by atoms with Crippen molar-refractivity contribution in [1.29, 1.82) is 0 Å². The van der Waals surface area contributed by atoms with Crippen molar-refractivity contribution in [3.63, 3.8) is 0 Å². The first-order valence-electron chi connectivity index (χ1n) is 6.66. The van der Waals surface area contributed by atoms with Crippen molar-refractivity contribution < 1.29 is 5.11 Å². The number of benzene rings is 1.